The Bertz CT molecular complexity index is 894. The Morgan fingerprint density at radius 2 is 1.92 bits per heavy atom. The van der Waals surface area contributed by atoms with E-state index in [9.17, 15) is 18.4 Å². The van der Waals surface area contributed by atoms with Crippen LogP contribution in [0.15, 0.2) is 30.3 Å². The molecular weight excluding hydrogens is 375 g/mol. The van der Waals surface area contributed by atoms with Crippen LogP contribution in [0.3, 0.4) is 0 Å². The fourth-order valence-electron chi connectivity index (χ4n) is 2.65. The summed E-state index contributed by atoms with van der Waals surface area (Å²) >= 11 is 11.7. The summed E-state index contributed by atoms with van der Waals surface area (Å²) in [5.74, 6) is -2.39. The third kappa shape index (κ3) is 3.05. The number of aromatic nitrogens is 1. The van der Waals surface area contributed by atoms with E-state index in [0.29, 0.717) is 11.6 Å². The summed E-state index contributed by atoms with van der Waals surface area (Å²) in [7, 11) is 0. The smallest absolute Gasteiger partial charge is 0.319 e. The molecule has 9 heteroatoms. The highest BCUT2D eigenvalue weighted by Gasteiger charge is 2.50. The van der Waals surface area contributed by atoms with E-state index in [1.165, 1.54) is 19.1 Å². The van der Waals surface area contributed by atoms with Crippen molar-refractivity contribution < 1.29 is 18.4 Å². The molecule has 0 saturated carbocycles. The van der Waals surface area contributed by atoms with Crippen LogP contribution in [0.25, 0.3) is 0 Å². The molecule has 1 atom stereocenters. The topological polar surface area (TPSA) is 62.3 Å². The molecule has 1 aromatic heterocycles. The van der Waals surface area contributed by atoms with Gasteiger partial charge in [0.1, 0.15) is 27.5 Å². The number of rotatable bonds is 3. The number of carbonyl (C=O) groups is 2. The Hall–Kier alpha value is -2.25. The number of amides is 3. The maximum absolute atomic E-state index is 14.1. The highest BCUT2D eigenvalue weighted by atomic mass is 35.5. The Kier molecular flexibility index (Phi) is 4.38. The average Bonchev–Trinajstić information content (AvgIpc) is 2.73. The minimum atomic E-state index is -1.65. The SMILES string of the molecule is CC1(c2ccc(F)cc2F)NC(=O)N(Cc2ccc(Cl)nc2Cl)C1=O. The molecule has 25 heavy (non-hydrogen) atoms. The normalized spacial score (nSPS) is 20.1. The van der Waals surface area contributed by atoms with Gasteiger partial charge in [0.05, 0.1) is 6.54 Å². The highest BCUT2D eigenvalue weighted by molar-refractivity contribution is 6.32. The lowest BCUT2D eigenvalue weighted by Gasteiger charge is -2.23. The molecule has 1 aliphatic rings. The van der Waals surface area contributed by atoms with E-state index in [2.05, 4.69) is 10.3 Å². The van der Waals surface area contributed by atoms with E-state index < -0.39 is 29.1 Å². The van der Waals surface area contributed by atoms with Crippen LogP contribution in [-0.2, 0) is 16.9 Å². The van der Waals surface area contributed by atoms with Gasteiger partial charge in [-0.15, -0.1) is 0 Å². The van der Waals surface area contributed by atoms with Crippen LogP contribution in [-0.4, -0.2) is 21.8 Å². The summed E-state index contributed by atoms with van der Waals surface area (Å²) in [5, 5.41) is 2.66. The molecule has 1 unspecified atom stereocenters. The molecule has 1 aromatic carbocycles. The van der Waals surface area contributed by atoms with E-state index >= 15 is 0 Å². The summed E-state index contributed by atoms with van der Waals surface area (Å²) in [4.78, 5) is 29.7. The van der Waals surface area contributed by atoms with Crippen molar-refractivity contribution in [3.8, 4) is 0 Å². The van der Waals surface area contributed by atoms with Crippen molar-refractivity contribution in [2.24, 2.45) is 0 Å². The van der Waals surface area contributed by atoms with Gasteiger partial charge in [0.2, 0.25) is 0 Å². The summed E-state index contributed by atoms with van der Waals surface area (Å²) in [6, 6.07) is 5.09. The lowest BCUT2D eigenvalue weighted by Crippen LogP contribution is -2.41. The van der Waals surface area contributed by atoms with Gasteiger partial charge in [-0.05, 0) is 19.1 Å². The third-order valence-electron chi connectivity index (χ3n) is 3.97. The van der Waals surface area contributed by atoms with Gasteiger partial charge in [-0.3, -0.25) is 9.69 Å². The van der Waals surface area contributed by atoms with Gasteiger partial charge in [-0.1, -0.05) is 35.3 Å². The molecule has 3 amide bonds. The largest absolute Gasteiger partial charge is 0.325 e. The lowest BCUT2D eigenvalue weighted by atomic mass is 9.91. The molecule has 1 N–H and O–H groups in total. The number of hydrogen-bond donors (Lipinski definition) is 1. The first kappa shape index (κ1) is 17.6. The molecule has 1 aliphatic heterocycles. The molecule has 0 radical (unpaired) electrons. The van der Waals surface area contributed by atoms with E-state index in [-0.39, 0.29) is 22.4 Å². The first-order valence-electron chi connectivity index (χ1n) is 7.13. The first-order chi connectivity index (χ1) is 11.7. The summed E-state index contributed by atoms with van der Waals surface area (Å²) in [5.41, 5.74) is -1.38. The predicted molar refractivity (Wildman–Crippen MR) is 87.0 cm³/mol. The highest BCUT2D eigenvalue weighted by Crippen LogP contribution is 2.32. The van der Waals surface area contributed by atoms with Gasteiger partial charge in [0.25, 0.3) is 5.91 Å². The Morgan fingerprint density at radius 1 is 1.20 bits per heavy atom. The minimum absolute atomic E-state index is 0.0506. The van der Waals surface area contributed by atoms with Gasteiger partial charge in [-0.25, -0.2) is 18.6 Å². The maximum atomic E-state index is 14.1. The number of imide groups is 1. The Morgan fingerprint density at radius 3 is 2.56 bits per heavy atom. The van der Waals surface area contributed by atoms with Crippen molar-refractivity contribution in [2.75, 3.05) is 0 Å². The number of benzene rings is 1. The van der Waals surface area contributed by atoms with Crippen LogP contribution in [0.5, 0.6) is 0 Å². The van der Waals surface area contributed by atoms with Crippen molar-refractivity contribution in [3.63, 3.8) is 0 Å². The Balaban J connectivity index is 1.94. The number of pyridine rings is 1. The van der Waals surface area contributed by atoms with Crippen LogP contribution < -0.4 is 5.32 Å². The first-order valence-corrected chi connectivity index (χ1v) is 7.88. The average molecular weight is 386 g/mol. The number of nitrogens with zero attached hydrogens (tertiary/aromatic N) is 2. The van der Waals surface area contributed by atoms with Gasteiger partial charge in [0.15, 0.2) is 0 Å². The molecule has 0 spiro atoms. The van der Waals surface area contributed by atoms with Crippen LogP contribution in [0.2, 0.25) is 10.3 Å². The number of nitrogens with one attached hydrogen (secondary N) is 1. The van der Waals surface area contributed by atoms with Crippen LogP contribution in [0.4, 0.5) is 13.6 Å². The molecule has 5 nitrogen and oxygen atoms in total. The molecule has 0 bridgehead atoms. The van der Waals surface area contributed by atoms with Crippen molar-refractivity contribution in [1.29, 1.82) is 0 Å². The number of carbonyl (C=O) groups excluding carboxylic acids is 2. The fourth-order valence-corrected chi connectivity index (χ4v) is 3.05. The zero-order chi connectivity index (χ0) is 18.4. The molecule has 2 heterocycles. The molecule has 3 rings (SSSR count). The lowest BCUT2D eigenvalue weighted by molar-refractivity contribution is -0.131. The van der Waals surface area contributed by atoms with Crippen LogP contribution in [0.1, 0.15) is 18.1 Å². The minimum Gasteiger partial charge on any atom is -0.319 e. The van der Waals surface area contributed by atoms with Crippen molar-refractivity contribution in [2.45, 2.75) is 19.0 Å². The van der Waals surface area contributed by atoms with Crippen molar-refractivity contribution >= 4 is 35.1 Å². The standard InChI is InChI=1S/C16H11Cl2F2N3O2/c1-16(10-4-3-9(19)6-11(10)20)14(24)23(15(25)22-16)7-8-2-5-12(17)21-13(8)18/h2-6H,7H2,1H3,(H,22,25). The van der Waals surface area contributed by atoms with E-state index in [0.717, 1.165) is 17.0 Å². The molecule has 0 aliphatic carbocycles. The fraction of sp³-hybridized carbons (Fsp3) is 0.188. The van der Waals surface area contributed by atoms with Crippen molar-refractivity contribution in [3.05, 3.63) is 63.4 Å². The number of hydrogen-bond acceptors (Lipinski definition) is 3. The predicted octanol–water partition coefficient (Wildman–Crippen LogP) is 3.63. The second-order valence-electron chi connectivity index (χ2n) is 5.65. The van der Waals surface area contributed by atoms with Crippen LogP contribution >= 0.6 is 23.2 Å². The molecule has 130 valence electrons. The number of halogens is 4. The summed E-state index contributed by atoms with van der Waals surface area (Å²) in [6.07, 6.45) is 0. The van der Waals surface area contributed by atoms with Gasteiger partial charge in [0, 0.05) is 17.2 Å². The van der Waals surface area contributed by atoms with Gasteiger partial charge >= 0.3 is 6.03 Å². The zero-order valence-electron chi connectivity index (χ0n) is 12.8. The molecule has 2 aromatic rings. The van der Waals surface area contributed by atoms with E-state index in [1.807, 2.05) is 0 Å². The maximum Gasteiger partial charge on any atom is 0.325 e. The van der Waals surface area contributed by atoms with Crippen molar-refractivity contribution in [1.82, 2.24) is 15.2 Å². The zero-order valence-corrected chi connectivity index (χ0v) is 14.3. The summed E-state index contributed by atoms with van der Waals surface area (Å²) < 4.78 is 27.2. The number of urea groups is 1. The van der Waals surface area contributed by atoms with Gasteiger partial charge in [-0.2, -0.15) is 0 Å². The molecule has 1 saturated heterocycles. The monoisotopic (exact) mass is 385 g/mol. The van der Waals surface area contributed by atoms with E-state index in [4.69, 9.17) is 23.2 Å². The molecular formula is C16H11Cl2F2N3O2. The van der Waals surface area contributed by atoms with E-state index in [1.54, 1.807) is 0 Å². The quantitative estimate of drug-likeness (QED) is 0.647. The third-order valence-corrected chi connectivity index (χ3v) is 4.50. The Labute approximate surface area is 151 Å². The molecule has 1 fully saturated rings. The summed E-state index contributed by atoms with van der Waals surface area (Å²) in [6.45, 7) is 1.19. The van der Waals surface area contributed by atoms with Crippen LogP contribution in [0, 0.1) is 11.6 Å². The second-order valence-corrected chi connectivity index (χ2v) is 6.40. The van der Waals surface area contributed by atoms with Gasteiger partial charge < -0.3 is 5.32 Å². The second kappa shape index (κ2) is 6.24.